The summed E-state index contributed by atoms with van der Waals surface area (Å²) in [6.07, 6.45) is 2.12. The van der Waals surface area contributed by atoms with Crippen LogP contribution in [0.5, 0.6) is 0 Å². The number of halogens is 1. The second kappa shape index (κ2) is 10.6. The number of hydrogen-bond donors (Lipinski definition) is 1. The molecule has 7 nitrogen and oxygen atoms in total. The molecule has 0 unspecified atom stereocenters. The fraction of sp³-hybridized carbons (Fsp3) is 0.241. The van der Waals surface area contributed by atoms with Crippen LogP contribution in [0.1, 0.15) is 41.1 Å². The van der Waals surface area contributed by atoms with E-state index in [1.165, 1.54) is 22.6 Å². The number of nitrogens with zero attached hydrogens (tertiary/aromatic N) is 1. The van der Waals surface area contributed by atoms with Gasteiger partial charge in [-0.3, -0.25) is 19.3 Å². The standard InChI is InChI=1S/C29H25ClN2O5/c30-24-11-4-5-12-25(24)31-26(33)17-37-29(36)20-9-6-10-21(15-20)32-27(34)22-14-13-19(16-23(22)28(32)35)18-7-2-1-3-8-18/h1-12,15,19,22-23H,13-14,16-17H2,(H,31,33)/t19-,22+,23+/m0/s1. The first-order chi connectivity index (χ1) is 17.9. The predicted molar refractivity (Wildman–Crippen MR) is 139 cm³/mol. The number of esters is 1. The first-order valence-electron chi connectivity index (χ1n) is 12.2. The number of para-hydroxylation sites is 1. The van der Waals surface area contributed by atoms with Gasteiger partial charge in [0.2, 0.25) is 11.8 Å². The van der Waals surface area contributed by atoms with Crippen molar-refractivity contribution in [1.29, 1.82) is 0 Å². The number of hydrogen-bond acceptors (Lipinski definition) is 5. The lowest BCUT2D eigenvalue weighted by Gasteiger charge is -2.28. The summed E-state index contributed by atoms with van der Waals surface area (Å²) in [7, 11) is 0. The van der Waals surface area contributed by atoms with E-state index in [0.717, 1.165) is 6.42 Å². The molecule has 3 amide bonds. The number of fused-ring (bicyclic) bond motifs is 1. The third-order valence-electron chi connectivity index (χ3n) is 7.02. The SMILES string of the molecule is O=C(COC(=O)c1cccc(N2C(=O)[C@@H]3CC[C@H](c4ccccc4)C[C@H]3C2=O)c1)Nc1ccccc1Cl. The largest absolute Gasteiger partial charge is 0.452 e. The summed E-state index contributed by atoms with van der Waals surface area (Å²) in [4.78, 5) is 52.6. The summed E-state index contributed by atoms with van der Waals surface area (Å²) in [5.74, 6) is -2.24. The molecule has 2 fully saturated rings. The molecule has 1 N–H and O–H groups in total. The molecule has 2 aliphatic rings. The smallest absolute Gasteiger partial charge is 0.338 e. The van der Waals surface area contributed by atoms with Gasteiger partial charge in [-0.1, -0.05) is 60.1 Å². The molecule has 5 rings (SSSR count). The van der Waals surface area contributed by atoms with Gasteiger partial charge in [0.25, 0.3) is 5.91 Å². The summed E-state index contributed by atoms with van der Waals surface area (Å²) < 4.78 is 5.15. The van der Waals surface area contributed by atoms with E-state index in [9.17, 15) is 19.2 Å². The summed E-state index contributed by atoms with van der Waals surface area (Å²) in [5.41, 5.74) is 2.06. The average Bonchev–Trinajstić information content (AvgIpc) is 3.18. The van der Waals surface area contributed by atoms with Crippen LogP contribution in [0.25, 0.3) is 0 Å². The normalized spacial score (nSPS) is 20.9. The molecule has 1 heterocycles. The Morgan fingerprint density at radius 2 is 1.62 bits per heavy atom. The van der Waals surface area contributed by atoms with E-state index in [0.29, 0.717) is 29.2 Å². The molecule has 1 saturated carbocycles. The van der Waals surface area contributed by atoms with Crippen LogP contribution < -0.4 is 10.2 Å². The van der Waals surface area contributed by atoms with Crippen LogP contribution >= 0.6 is 11.6 Å². The van der Waals surface area contributed by atoms with Gasteiger partial charge in [0.1, 0.15) is 0 Å². The third-order valence-corrected chi connectivity index (χ3v) is 7.35. The van der Waals surface area contributed by atoms with E-state index in [2.05, 4.69) is 17.4 Å². The van der Waals surface area contributed by atoms with Crippen molar-refractivity contribution in [2.24, 2.45) is 11.8 Å². The number of imide groups is 1. The molecule has 3 aromatic rings. The molecule has 0 radical (unpaired) electrons. The van der Waals surface area contributed by atoms with Gasteiger partial charge in [-0.25, -0.2) is 4.79 Å². The first kappa shape index (κ1) is 24.7. The number of benzene rings is 3. The molecule has 1 aliphatic carbocycles. The zero-order valence-corrected chi connectivity index (χ0v) is 20.7. The minimum atomic E-state index is -0.739. The lowest BCUT2D eigenvalue weighted by atomic mass is 9.73. The zero-order chi connectivity index (χ0) is 25.9. The minimum Gasteiger partial charge on any atom is -0.452 e. The van der Waals surface area contributed by atoms with Crippen LogP contribution in [-0.2, 0) is 19.1 Å². The molecular weight excluding hydrogens is 492 g/mol. The van der Waals surface area contributed by atoms with Crippen LogP contribution in [0.3, 0.4) is 0 Å². The van der Waals surface area contributed by atoms with Gasteiger partial charge in [-0.15, -0.1) is 0 Å². The number of amides is 3. The maximum Gasteiger partial charge on any atom is 0.338 e. The quantitative estimate of drug-likeness (QED) is 0.358. The highest BCUT2D eigenvalue weighted by molar-refractivity contribution is 6.33. The van der Waals surface area contributed by atoms with Crippen molar-refractivity contribution in [1.82, 2.24) is 0 Å². The van der Waals surface area contributed by atoms with Crippen LogP contribution in [0, 0.1) is 11.8 Å². The van der Waals surface area contributed by atoms with Gasteiger partial charge in [0.15, 0.2) is 6.61 Å². The monoisotopic (exact) mass is 516 g/mol. The number of carbonyl (C=O) groups excluding carboxylic acids is 4. The summed E-state index contributed by atoms with van der Waals surface area (Å²) in [6.45, 7) is -0.513. The van der Waals surface area contributed by atoms with E-state index < -0.39 is 18.5 Å². The second-order valence-electron chi connectivity index (χ2n) is 9.30. The molecule has 0 spiro atoms. The maximum atomic E-state index is 13.3. The number of rotatable bonds is 6. The van der Waals surface area contributed by atoms with E-state index in [4.69, 9.17) is 16.3 Å². The molecular formula is C29H25ClN2O5. The molecule has 3 aromatic carbocycles. The molecule has 0 aromatic heterocycles. The molecule has 1 aliphatic heterocycles. The van der Waals surface area contributed by atoms with Crippen molar-refractivity contribution < 1.29 is 23.9 Å². The van der Waals surface area contributed by atoms with Gasteiger partial charge >= 0.3 is 5.97 Å². The van der Waals surface area contributed by atoms with E-state index in [1.807, 2.05) is 18.2 Å². The fourth-order valence-electron chi connectivity index (χ4n) is 5.20. The topological polar surface area (TPSA) is 92.8 Å². The number of nitrogens with one attached hydrogen (secondary N) is 1. The van der Waals surface area contributed by atoms with Crippen LogP contribution in [0.4, 0.5) is 11.4 Å². The predicted octanol–water partition coefficient (Wildman–Crippen LogP) is 5.21. The van der Waals surface area contributed by atoms with Gasteiger partial charge in [-0.2, -0.15) is 0 Å². The highest BCUT2D eigenvalue weighted by Gasteiger charge is 2.50. The summed E-state index contributed by atoms with van der Waals surface area (Å²) in [6, 6.07) is 23.0. The molecule has 0 bridgehead atoms. The minimum absolute atomic E-state index is 0.140. The summed E-state index contributed by atoms with van der Waals surface area (Å²) >= 11 is 6.03. The lowest BCUT2D eigenvalue weighted by Crippen LogP contribution is -2.31. The molecule has 37 heavy (non-hydrogen) atoms. The highest BCUT2D eigenvalue weighted by Crippen LogP contribution is 2.45. The van der Waals surface area contributed by atoms with E-state index >= 15 is 0 Å². The summed E-state index contributed by atoms with van der Waals surface area (Å²) in [5, 5.41) is 2.95. The molecule has 1 saturated heterocycles. The Hall–Kier alpha value is -3.97. The Bertz CT molecular complexity index is 1360. The van der Waals surface area contributed by atoms with Gasteiger partial charge < -0.3 is 10.1 Å². The van der Waals surface area contributed by atoms with Gasteiger partial charge in [0.05, 0.1) is 33.8 Å². The van der Waals surface area contributed by atoms with E-state index in [1.54, 1.807) is 36.4 Å². The Morgan fingerprint density at radius 1 is 0.892 bits per heavy atom. The molecule has 3 atom stereocenters. The van der Waals surface area contributed by atoms with Crippen molar-refractivity contribution >= 4 is 46.7 Å². The molecule has 8 heteroatoms. The lowest BCUT2D eigenvalue weighted by molar-refractivity contribution is -0.122. The first-order valence-corrected chi connectivity index (χ1v) is 12.5. The van der Waals surface area contributed by atoms with Crippen molar-refractivity contribution in [3.8, 4) is 0 Å². The maximum absolute atomic E-state index is 13.3. The fourth-order valence-corrected chi connectivity index (χ4v) is 5.38. The second-order valence-corrected chi connectivity index (χ2v) is 9.71. The number of anilines is 2. The van der Waals surface area contributed by atoms with Crippen molar-refractivity contribution in [2.45, 2.75) is 25.2 Å². The number of carbonyl (C=O) groups is 4. The Kier molecular flexibility index (Phi) is 7.06. The Labute approximate surface area is 219 Å². The van der Waals surface area contributed by atoms with Crippen molar-refractivity contribution in [3.63, 3.8) is 0 Å². The Balaban J connectivity index is 1.25. The number of ether oxygens (including phenoxy) is 1. The average molecular weight is 517 g/mol. The Morgan fingerprint density at radius 3 is 2.41 bits per heavy atom. The van der Waals surface area contributed by atoms with Crippen LogP contribution in [-0.4, -0.2) is 30.3 Å². The van der Waals surface area contributed by atoms with Crippen molar-refractivity contribution in [3.05, 3.63) is 95.0 Å². The highest BCUT2D eigenvalue weighted by atomic mass is 35.5. The third kappa shape index (κ3) is 5.13. The van der Waals surface area contributed by atoms with E-state index in [-0.39, 0.29) is 35.1 Å². The molecule has 188 valence electrons. The van der Waals surface area contributed by atoms with Crippen molar-refractivity contribution in [2.75, 3.05) is 16.8 Å². The van der Waals surface area contributed by atoms with Gasteiger partial charge in [-0.05, 0) is 61.1 Å². The zero-order valence-electron chi connectivity index (χ0n) is 19.9. The van der Waals surface area contributed by atoms with Crippen LogP contribution in [0.2, 0.25) is 5.02 Å². The van der Waals surface area contributed by atoms with Crippen LogP contribution in [0.15, 0.2) is 78.9 Å². The van der Waals surface area contributed by atoms with Gasteiger partial charge in [0, 0.05) is 0 Å².